The molecule has 0 amide bonds. The Kier molecular flexibility index (Phi) is 2.69. The smallest absolute Gasteiger partial charge is 0.0935 e. The van der Waals surface area contributed by atoms with Gasteiger partial charge >= 0.3 is 0 Å². The Morgan fingerprint density at radius 3 is 2.92 bits per heavy atom. The molecule has 0 saturated heterocycles. The highest BCUT2D eigenvalue weighted by molar-refractivity contribution is 5.07. The van der Waals surface area contributed by atoms with Crippen molar-refractivity contribution in [3.63, 3.8) is 0 Å². The minimum Gasteiger partial charge on any atom is -0.472 e. The van der Waals surface area contributed by atoms with Crippen LogP contribution in [0.25, 0.3) is 0 Å². The van der Waals surface area contributed by atoms with Crippen LogP contribution in [0.15, 0.2) is 23.0 Å². The third-order valence-electron chi connectivity index (χ3n) is 2.94. The first kappa shape index (κ1) is 8.82. The zero-order valence-corrected chi connectivity index (χ0v) is 7.91. The topological polar surface area (TPSA) is 39.2 Å². The van der Waals surface area contributed by atoms with Gasteiger partial charge in [-0.3, -0.25) is 0 Å². The van der Waals surface area contributed by atoms with Crippen LogP contribution in [0.3, 0.4) is 0 Å². The molecule has 72 valence electrons. The van der Waals surface area contributed by atoms with E-state index in [1.807, 2.05) is 6.07 Å². The van der Waals surface area contributed by atoms with Crippen LogP contribution < -0.4 is 5.73 Å². The van der Waals surface area contributed by atoms with E-state index < -0.39 is 0 Å². The van der Waals surface area contributed by atoms with E-state index in [-0.39, 0.29) is 0 Å². The Morgan fingerprint density at radius 2 is 2.38 bits per heavy atom. The van der Waals surface area contributed by atoms with Gasteiger partial charge in [-0.1, -0.05) is 19.3 Å². The number of rotatable bonds is 4. The molecule has 1 aromatic rings. The van der Waals surface area contributed by atoms with Crippen molar-refractivity contribution in [3.8, 4) is 0 Å². The van der Waals surface area contributed by atoms with Gasteiger partial charge < -0.3 is 10.2 Å². The highest BCUT2D eigenvalue weighted by Gasteiger charge is 2.20. The van der Waals surface area contributed by atoms with E-state index in [1.165, 1.54) is 31.2 Å². The summed E-state index contributed by atoms with van der Waals surface area (Å²) in [6.45, 7) is 0. The minimum absolute atomic E-state index is 0.322. The third-order valence-corrected chi connectivity index (χ3v) is 2.94. The van der Waals surface area contributed by atoms with E-state index >= 15 is 0 Å². The van der Waals surface area contributed by atoms with E-state index in [2.05, 4.69) is 0 Å². The van der Waals surface area contributed by atoms with Gasteiger partial charge in [0.15, 0.2) is 0 Å². The highest BCUT2D eigenvalue weighted by Crippen LogP contribution is 2.30. The van der Waals surface area contributed by atoms with Crippen molar-refractivity contribution in [2.45, 2.75) is 38.1 Å². The van der Waals surface area contributed by atoms with Crippen LogP contribution in [0.4, 0.5) is 0 Å². The van der Waals surface area contributed by atoms with Gasteiger partial charge in [-0.15, -0.1) is 0 Å². The third kappa shape index (κ3) is 2.34. The maximum absolute atomic E-state index is 6.03. The summed E-state index contributed by atoms with van der Waals surface area (Å²) in [5, 5.41) is 0. The predicted molar refractivity (Wildman–Crippen MR) is 52.3 cm³/mol. The lowest BCUT2D eigenvalue weighted by molar-refractivity contribution is 0.275. The first-order chi connectivity index (χ1) is 6.34. The Hall–Kier alpha value is -0.760. The van der Waals surface area contributed by atoms with E-state index in [0.717, 1.165) is 12.3 Å². The van der Waals surface area contributed by atoms with Gasteiger partial charge in [0.1, 0.15) is 0 Å². The lowest BCUT2D eigenvalue weighted by Crippen LogP contribution is -2.28. The number of furan rings is 1. The van der Waals surface area contributed by atoms with Gasteiger partial charge in [0, 0.05) is 6.04 Å². The molecule has 0 bridgehead atoms. The molecule has 1 aromatic heterocycles. The van der Waals surface area contributed by atoms with Crippen molar-refractivity contribution >= 4 is 0 Å². The second-order valence-corrected chi connectivity index (χ2v) is 4.13. The van der Waals surface area contributed by atoms with Crippen LogP contribution >= 0.6 is 0 Å². The molecule has 2 nitrogen and oxygen atoms in total. The van der Waals surface area contributed by atoms with Crippen molar-refractivity contribution in [1.82, 2.24) is 0 Å². The summed E-state index contributed by atoms with van der Waals surface area (Å²) in [6.07, 6.45) is 9.84. The fraction of sp³-hybridized carbons (Fsp3) is 0.636. The zero-order chi connectivity index (χ0) is 9.10. The first-order valence-electron chi connectivity index (χ1n) is 5.11. The number of hydrogen-bond acceptors (Lipinski definition) is 2. The molecule has 13 heavy (non-hydrogen) atoms. The average Bonchev–Trinajstić information content (AvgIpc) is 2.49. The average molecular weight is 179 g/mol. The molecule has 0 radical (unpaired) electrons. The SMILES string of the molecule is NC(Cc1ccoc1)CC1CCC1. The van der Waals surface area contributed by atoms with Gasteiger partial charge in [0.05, 0.1) is 12.5 Å². The molecule has 1 heterocycles. The summed E-state index contributed by atoms with van der Waals surface area (Å²) < 4.78 is 5.01. The standard InChI is InChI=1S/C11H17NO/c12-11(6-9-2-1-3-9)7-10-4-5-13-8-10/h4-5,8-9,11H,1-3,6-7,12H2. The molecule has 0 spiro atoms. The number of hydrogen-bond donors (Lipinski definition) is 1. The lowest BCUT2D eigenvalue weighted by atomic mass is 9.80. The lowest BCUT2D eigenvalue weighted by Gasteiger charge is -2.27. The summed E-state index contributed by atoms with van der Waals surface area (Å²) in [5.41, 5.74) is 7.26. The van der Waals surface area contributed by atoms with E-state index in [1.54, 1.807) is 12.5 Å². The molecule has 1 fully saturated rings. The molecule has 1 aliphatic carbocycles. The maximum Gasteiger partial charge on any atom is 0.0935 e. The molecular formula is C11H17NO. The fourth-order valence-corrected chi connectivity index (χ4v) is 1.95. The van der Waals surface area contributed by atoms with Crippen LogP contribution in [-0.2, 0) is 6.42 Å². The summed E-state index contributed by atoms with van der Waals surface area (Å²) in [5.74, 6) is 0.905. The highest BCUT2D eigenvalue weighted by atomic mass is 16.3. The Morgan fingerprint density at radius 1 is 1.54 bits per heavy atom. The zero-order valence-electron chi connectivity index (χ0n) is 7.91. The Labute approximate surface area is 79.1 Å². The second-order valence-electron chi connectivity index (χ2n) is 4.13. The quantitative estimate of drug-likeness (QED) is 0.770. The van der Waals surface area contributed by atoms with Crippen LogP contribution in [0.2, 0.25) is 0 Å². The van der Waals surface area contributed by atoms with E-state index in [9.17, 15) is 0 Å². The van der Waals surface area contributed by atoms with Crippen LogP contribution in [-0.4, -0.2) is 6.04 Å². The Bertz CT molecular complexity index is 239. The second kappa shape index (κ2) is 3.97. The van der Waals surface area contributed by atoms with Crippen molar-refractivity contribution in [3.05, 3.63) is 24.2 Å². The van der Waals surface area contributed by atoms with Crippen molar-refractivity contribution in [2.24, 2.45) is 11.7 Å². The molecule has 2 N–H and O–H groups in total. The molecule has 0 aliphatic heterocycles. The van der Waals surface area contributed by atoms with Gasteiger partial charge in [-0.2, -0.15) is 0 Å². The van der Waals surface area contributed by atoms with E-state index in [0.29, 0.717) is 6.04 Å². The van der Waals surface area contributed by atoms with Gasteiger partial charge in [0.2, 0.25) is 0 Å². The normalized spacial score (nSPS) is 19.8. The van der Waals surface area contributed by atoms with Gasteiger partial charge in [0.25, 0.3) is 0 Å². The van der Waals surface area contributed by atoms with Crippen molar-refractivity contribution in [1.29, 1.82) is 0 Å². The largest absolute Gasteiger partial charge is 0.472 e. The minimum atomic E-state index is 0.322. The predicted octanol–water partition coefficient (Wildman–Crippen LogP) is 2.34. The van der Waals surface area contributed by atoms with Crippen LogP contribution in [0, 0.1) is 5.92 Å². The molecule has 2 heteroatoms. The molecule has 1 saturated carbocycles. The monoisotopic (exact) mass is 179 g/mol. The summed E-state index contributed by atoms with van der Waals surface area (Å²) in [7, 11) is 0. The molecule has 2 rings (SSSR count). The molecule has 0 aromatic carbocycles. The maximum atomic E-state index is 6.03. The first-order valence-corrected chi connectivity index (χ1v) is 5.11. The van der Waals surface area contributed by atoms with Crippen LogP contribution in [0.5, 0.6) is 0 Å². The molecule has 1 atom stereocenters. The summed E-state index contributed by atoms with van der Waals surface area (Å²) >= 11 is 0. The van der Waals surface area contributed by atoms with Crippen molar-refractivity contribution in [2.75, 3.05) is 0 Å². The fourth-order valence-electron chi connectivity index (χ4n) is 1.95. The molecular weight excluding hydrogens is 162 g/mol. The number of nitrogens with two attached hydrogens (primary N) is 1. The van der Waals surface area contributed by atoms with E-state index in [4.69, 9.17) is 10.2 Å². The van der Waals surface area contributed by atoms with Gasteiger partial charge in [-0.05, 0) is 30.4 Å². The van der Waals surface area contributed by atoms with Gasteiger partial charge in [-0.25, -0.2) is 0 Å². The Balaban J connectivity index is 1.74. The molecule has 1 aliphatic rings. The summed E-state index contributed by atoms with van der Waals surface area (Å²) in [6, 6.07) is 2.32. The summed E-state index contributed by atoms with van der Waals surface area (Å²) in [4.78, 5) is 0. The molecule has 1 unspecified atom stereocenters. The van der Waals surface area contributed by atoms with Crippen molar-refractivity contribution < 1.29 is 4.42 Å². The van der Waals surface area contributed by atoms with Crippen LogP contribution in [0.1, 0.15) is 31.2 Å².